The van der Waals surface area contributed by atoms with Crippen molar-refractivity contribution >= 4 is 0 Å². The molecule has 1 aromatic rings. The quantitative estimate of drug-likeness (QED) is 0.708. The van der Waals surface area contributed by atoms with Gasteiger partial charge in [-0.1, -0.05) is 0 Å². The molecule has 0 fully saturated rings. The van der Waals surface area contributed by atoms with Crippen LogP contribution in [0.5, 0.6) is 0 Å². The minimum atomic E-state index is -1.01. The molecular weight excluding hydrogens is 156 g/mol. The van der Waals surface area contributed by atoms with Crippen LogP contribution in [0.4, 0.5) is 0 Å². The summed E-state index contributed by atoms with van der Waals surface area (Å²) in [6.07, 6.45) is 3.44. The molecule has 0 aromatic carbocycles. The first-order chi connectivity index (χ1) is 5.58. The van der Waals surface area contributed by atoms with Crippen LogP contribution in [0.25, 0.3) is 0 Å². The summed E-state index contributed by atoms with van der Waals surface area (Å²) >= 11 is 0. The summed E-state index contributed by atoms with van der Waals surface area (Å²) in [6, 6.07) is 0. The Kier molecular flexibility index (Phi) is 2.49. The molecule has 0 aliphatic rings. The molecule has 68 valence electrons. The first-order valence-corrected chi connectivity index (χ1v) is 3.77. The SMILES string of the molecule is COCC(C)(O)c1nccn1C. The lowest BCUT2D eigenvalue weighted by Crippen LogP contribution is -2.30. The number of nitrogens with zero attached hydrogens (tertiary/aromatic N) is 2. The molecule has 1 atom stereocenters. The highest BCUT2D eigenvalue weighted by atomic mass is 16.5. The number of rotatable bonds is 3. The van der Waals surface area contributed by atoms with Gasteiger partial charge in [0.05, 0.1) is 6.61 Å². The van der Waals surface area contributed by atoms with E-state index in [1.165, 1.54) is 0 Å². The van der Waals surface area contributed by atoms with E-state index in [0.717, 1.165) is 0 Å². The highest BCUT2D eigenvalue weighted by Gasteiger charge is 2.26. The molecule has 4 heteroatoms. The van der Waals surface area contributed by atoms with Crippen molar-refractivity contribution in [2.75, 3.05) is 13.7 Å². The maximum Gasteiger partial charge on any atom is 0.143 e. The van der Waals surface area contributed by atoms with E-state index in [0.29, 0.717) is 5.82 Å². The van der Waals surface area contributed by atoms with Gasteiger partial charge >= 0.3 is 0 Å². The van der Waals surface area contributed by atoms with Gasteiger partial charge in [0, 0.05) is 26.6 Å². The second-order valence-corrected chi connectivity index (χ2v) is 3.07. The van der Waals surface area contributed by atoms with Crippen molar-refractivity contribution in [1.29, 1.82) is 0 Å². The molecule has 0 bridgehead atoms. The number of hydrogen-bond donors (Lipinski definition) is 1. The van der Waals surface area contributed by atoms with Crippen LogP contribution in [-0.2, 0) is 17.4 Å². The molecule has 4 nitrogen and oxygen atoms in total. The second kappa shape index (κ2) is 3.25. The lowest BCUT2D eigenvalue weighted by Gasteiger charge is -2.21. The predicted octanol–water partition coefficient (Wildman–Crippen LogP) is 0.274. The Morgan fingerprint density at radius 3 is 2.83 bits per heavy atom. The first kappa shape index (κ1) is 9.22. The molecule has 1 heterocycles. The normalized spacial score (nSPS) is 16.0. The molecule has 12 heavy (non-hydrogen) atoms. The van der Waals surface area contributed by atoms with E-state index in [1.54, 1.807) is 31.0 Å². The Morgan fingerprint density at radius 2 is 2.42 bits per heavy atom. The van der Waals surface area contributed by atoms with Crippen LogP contribution in [0.15, 0.2) is 12.4 Å². The van der Waals surface area contributed by atoms with Crippen LogP contribution >= 0.6 is 0 Å². The van der Waals surface area contributed by atoms with Gasteiger partial charge in [-0.3, -0.25) is 0 Å². The smallest absolute Gasteiger partial charge is 0.143 e. The Labute approximate surface area is 71.8 Å². The molecule has 0 saturated carbocycles. The Balaban J connectivity index is 2.88. The van der Waals surface area contributed by atoms with E-state index < -0.39 is 5.60 Å². The number of aliphatic hydroxyl groups is 1. The van der Waals surface area contributed by atoms with Crippen molar-refractivity contribution < 1.29 is 9.84 Å². The first-order valence-electron chi connectivity index (χ1n) is 3.77. The number of aryl methyl sites for hydroxylation is 1. The number of imidazole rings is 1. The summed E-state index contributed by atoms with van der Waals surface area (Å²) in [6.45, 7) is 1.93. The molecule has 0 aliphatic carbocycles. The van der Waals surface area contributed by atoms with E-state index in [1.807, 2.05) is 7.05 Å². The average Bonchev–Trinajstić information content (AvgIpc) is 2.35. The summed E-state index contributed by atoms with van der Waals surface area (Å²) in [4.78, 5) is 4.04. The number of ether oxygens (including phenoxy) is 1. The third kappa shape index (κ3) is 1.65. The van der Waals surface area contributed by atoms with Gasteiger partial charge in [-0.15, -0.1) is 0 Å². The minimum Gasteiger partial charge on any atom is -0.381 e. The van der Waals surface area contributed by atoms with Crippen LogP contribution < -0.4 is 0 Å². The van der Waals surface area contributed by atoms with Gasteiger partial charge in [-0.2, -0.15) is 0 Å². The predicted molar refractivity (Wildman–Crippen MR) is 44.7 cm³/mol. The molecule has 0 amide bonds. The van der Waals surface area contributed by atoms with Gasteiger partial charge in [0.25, 0.3) is 0 Å². The number of hydrogen-bond acceptors (Lipinski definition) is 3. The van der Waals surface area contributed by atoms with E-state index in [4.69, 9.17) is 4.74 Å². The molecule has 0 saturated heterocycles. The largest absolute Gasteiger partial charge is 0.381 e. The maximum atomic E-state index is 9.85. The van der Waals surface area contributed by atoms with E-state index in [9.17, 15) is 5.11 Å². The van der Waals surface area contributed by atoms with E-state index in [2.05, 4.69) is 4.98 Å². The minimum absolute atomic E-state index is 0.248. The van der Waals surface area contributed by atoms with Crippen molar-refractivity contribution in [3.63, 3.8) is 0 Å². The Hall–Kier alpha value is -0.870. The van der Waals surface area contributed by atoms with Gasteiger partial charge in [0.2, 0.25) is 0 Å². The Morgan fingerprint density at radius 1 is 1.75 bits per heavy atom. The number of aromatic nitrogens is 2. The lowest BCUT2D eigenvalue weighted by molar-refractivity contribution is -0.0291. The third-order valence-electron chi connectivity index (χ3n) is 1.73. The fourth-order valence-electron chi connectivity index (χ4n) is 1.23. The van der Waals surface area contributed by atoms with Crippen LogP contribution in [0.2, 0.25) is 0 Å². The highest BCUT2D eigenvalue weighted by molar-refractivity contribution is 5.02. The molecule has 0 radical (unpaired) electrons. The third-order valence-corrected chi connectivity index (χ3v) is 1.73. The topological polar surface area (TPSA) is 47.3 Å². The summed E-state index contributed by atoms with van der Waals surface area (Å²) < 4.78 is 6.66. The van der Waals surface area contributed by atoms with Crippen LogP contribution in [-0.4, -0.2) is 28.4 Å². The van der Waals surface area contributed by atoms with Crippen LogP contribution in [0.1, 0.15) is 12.7 Å². The van der Waals surface area contributed by atoms with Crippen LogP contribution in [0, 0.1) is 0 Å². The summed E-state index contributed by atoms with van der Waals surface area (Å²) in [5.74, 6) is 0.615. The zero-order chi connectivity index (χ0) is 9.19. The average molecular weight is 170 g/mol. The van der Waals surface area contributed by atoms with Crippen molar-refractivity contribution in [2.45, 2.75) is 12.5 Å². The van der Waals surface area contributed by atoms with E-state index in [-0.39, 0.29) is 6.61 Å². The van der Waals surface area contributed by atoms with Gasteiger partial charge in [0.15, 0.2) is 0 Å². The van der Waals surface area contributed by atoms with Crippen molar-refractivity contribution in [1.82, 2.24) is 9.55 Å². The van der Waals surface area contributed by atoms with E-state index >= 15 is 0 Å². The highest BCUT2D eigenvalue weighted by Crippen LogP contribution is 2.17. The standard InChI is InChI=1S/C8H14N2O2/c1-8(11,6-12-3)7-9-4-5-10(7)2/h4-5,11H,6H2,1-3H3. The fraction of sp³-hybridized carbons (Fsp3) is 0.625. The molecule has 1 unspecified atom stereocenters. The second-order valence-electron chi connectivity index (χ2n) is 3.07. The molecule has 1 rings (SSSR count). The zero-order valence-electron chi connectivity index (χ0n) is 7.61. The summed E-state index contributed by atoms with van der Waals surface area (Å²) in [5.41, 5.74) is -1.01. The monoisotopic (exact) mass is 170 g/mol. The Bertz CT molecular complexity index is 255. The summed E-state index contributed by atoms with van der Waals surface area (Å²) in [7, 11) is 3.39. The lowest BCUT2D eigenvalue weighted by atomic mass is 10.1. The van der Waals surface area contributed by atoms with Gasteiger partial charge in [-0.25, -0.2) is 4.98 Å². The molecular formula is C8H14N2O2. The molecule has 1 N–H and O–H groups in total. The van der Waals surface area contributed by atoms with Gasteiger partial charge in [0.1, 0.15) is 11.4 Å². The van der Waals surface area contributed by atoms with Crippen molar-refractivity contribution in [3.05, 3.63) is 18.2 Å². The summed E-state index contributed by atoms with van der Waals surface area (Å²) in [5, 5.41) is 9.85. The van der Waals surface area contributed by atoms with Gasteiger partial charge in [-0.05, 0) is 6.92 Å². The number of methoxy groups -OCH3 is 1. The fourth-order valence-corrected chi connectivity index (χ4v) is 1.23. The van der Waals surface area contributed by atoms with Crippen molar-refractivity contribution in [2.24, 2.45) is 7.05 Å². The van der Waals surface area contributed by atoms with Gasteiger partial charge < -0.3 is 14.4 Å². The molecule has 0 aliphatic heterocycles. The van der Waals surface area contributed by atoms with Crippen molar-refractivity contribution in [3.8, 4) is 0 Å². The van der Waals surface area contributed by atoms with Crippen LogP contribution in [0.3, 0.4) is 0 Å². The zero-order valence-corrected chi connectivity index (χ0v) is 7.61. The molecule has 1 aromatic heterocycles. The maximum absolute atomic E-state index is 9.85. The molecule has 0 spiro atoms.